The number of aromatic nitrogens is 2. The van der Waals surface area contributed by atoms with E-state index >= 15 is 0 Å². The van der Waals surface area contributed by atoms with Crippen molar-refractivity contribution in [3.8, 4) is 0 Å². The van der Waals surface area contributed by atoms with Crippen LogP contribution in [0.5, 0.6) is 0 Å². The van der Waals surface area contributed by atoms with Crippen LogP contribution in [0.15, 0.2) is 35.5 Å². The molecular formula is C25H33N5O5S. The van der Waals surface area contributed by atoms with E-state index in [-0.39, 0.29) is 23.6 Å². The molecule has 2 aromatic rings. The number of hydrogen-bond donors (Lipinski definition) is 3. The molecule has 2 aliphatic rings. The fourth-order valence-corrected chi connectivity index (χ4v) is 5.65. The number of anilines is 2. The third-order valence-electron chi connectivity index (χ3n) is 6.73. The minimum absolute atomic E-state index is 0.00379. The zero-order valence-corrected chi connectivity index (χ0v) is 21.3. The number of carboxylic acids is 1. The molecule has 2 saturated carbocycles. The predicted molar refractivity (Wildman–Crippen MR) is 136 cm³/mol. The first-order valence-corrected chi connectivity index (χ1v) is 13.9. The number of nitrogens with one attached hydrogen (secondary N) is 2. The quantitative estimate of drug-likeness (QED) is 0.414. The maximum absolute atomic E-state index is 13.0. The highest BCUT2D eigenvalue weighted by Gasteiger charge is 2.30. The predicted octanol–water partition coefficient (Wildman–Crippen LogP) is 3.34. The van der Waals surface area contributed by atoms with Gasteiger partial charge in [-0.25, -0.2) is 23.1 Å². The van der Waals surface area contributed by atoms with Crippen molar-refractivity contribution in [2.75, 3.05) is 23.3 Å². The Kier molecular flexibility index (Phi) is 8.20. The number of aliphatic carboxylic acids is 1. The largest absolute Gasteiger partial charge is 0.481 e. The molecule has 3 N–H and O–H groups in total. The SMILES string of the molecule is Cc1cc(S(=O)(=O)NCCC(=O)O)ccc1NC(=O)c1cc(N(CC2CC2)C2CCCCC2)ncn1. The highest BCUT2D eigenvalue weighted by molar-refractivity contribution is 7.89. The van der Waals surface area contributed by atoms with E-state index in [0.29, 0.717) is 23.2 Å². The molecule has 1 heterocycles. The second kappa shape index (κ2) is 11.3. The summed E-state index contributed by atoms with van der Waals surface area (Å²) in [6.07, 6.45) is 9.56. The van der Waals surface area contributed by atoms with Gasteiger partial charge in [0.05, 0.1) is 11.3 Å². The maximum atomic E-state index is 13.0. The summed E-state index contributed by atoms with van der Waals surface area (Å²) < 4.78 is 27.1. The molecule has 2 fully saturated rings. The van der Waals surface area contributed by atoms with Crippen LogP contribution in [-0.4, -0.2) is 54.5 Å². The van der Waals surface area contributed by atoms with E-state index in [1.54, 1.807) is 13.0 Å². The van der Waals surface area contributed by atoms with Crippen LogP contribution in [0.2, 0.25) is 0 Å². The summed E-state index contributed by atoms with van der Waals surface area (Å²) in [7, 11) is -3.86. The van der Waals surface area contributed by atoms with E-state index in [1.807, 2.05) is 0 Å². The zero-order chi connectivity index (χ0) is 25.7. The number of benzene rings is 1. The number of amides is 1. The normalized spacial score (nSPS) is 16.5. The second-order valence-electron chi connectivity index (χ2n) is 9.62. The smallest absolute Gasteiger partial charge is 0.304 e. The van der Waals surface area contributed by atoms with Gasteiger partial charge >= 0.3 is 5.97 Å². The minimum atomic E-state index is -3.86. The molecule has 1 aromatic heterocycles. The molecule has 194 valence electrons. The number of rotatable bonds is 11. The zero-order valence-electron chi connectivity index (χ0n) is 20.4. The second-order valence-corrected chi connectivity index (χ2v) is 11.4. The van der Waals surface area contributed by atoms with E-state index in [1.165, 1.54) is 56.6 Å². The van der Waals surface area contributed by atoms with Crippen molar-refractivity contribution < 1.29 is 23.1 Å². The Morgan fingerprint density at radius 3 is 2.50 bits per heavy atom. The van der Waals surface area contributed by atoms with Gasteiger partial charge in [-0.1, -0.05) is 19.3 Å². The monoisotopic (exact) mass is 515 g/mol. The lowest BCUT2D eigenvalue weighted by atomic mass is 9.94. The van der Waals surface area contributed by atoms with Gasteiger partial charge in [0.25, 0.3) is 5.91 Å². The molecule has 2 aliphatic carbocycles. The number of carbonyl (C=O) groups excluding carboxylic acids is 1. The standard InChI is InChI=1S/C25H33N5O5S/c1-17-13-20(36(34,35)28-12-11-24(31)32)9-10-21(17)29-25(33)22-14-23(27-16-26-22)30(15-18-7-8-18)19-5-3-2-4-6-19/h9-10,13-14,16,18-19,28H,2-8,11-12,15H2,1H3,(H,29,33)(H,31,32). The van der Waals surface area contributed by atoms with Crippen molar-refractivity contribution in [3.05, 3.63) is 41.9 Å². The molecule has 4 rings (SSSR count). The molecule has 11 heteroatoms. The Bertz CT molecular complexity index is 1210. The summed E-state index contributed by atoms with van der Waals surface area (Å²) in [5.74, 6) is -0.0176. The first kappa shape index (κ1) is 26.0. The molecule has 10 nitrogen and oxygen atoms in total. The van der Waals surface area contributed by atoms with Crippen LogP contribution >= 0.6 is 0 Å². The summed E-state index contributed by atoms with van der Waals surface area (Å²) in [4.78, 5) is 34.7. The van der Waals surface area contributed by atoms with Crippen molar-refractivity contribution in [2.24, 2.45) is 5.92 Å². The van der Waals surface area contributed by atoms with Gasteiger partial charge in [0.15, 0.2) is 0 Å². The summed E-state index contributed by atoms with van der Waals surface area (Å²) in [5, 5.41) is 11.5. The van der Waals surface area contributed by atoms with Crippen molar-refractivity contribution in [1.29, 1.82) is 0 Å². The molecule has 0 aliphatic heterocycles. The summed E-state index contributed by atoms with van der Waals surface area (Å²) >= 11 is 0. The Hall–Kier alpha value is -3.05. The molecule has 0 spiro atoms. The molecule has 0 unspecified atom stereocenters. The highest BCUT2D eigenvalue weighted by atomic mass is 32.2. The van der Waals surface area contributed by atoms with Crippen molar-refractivity contribution in [3.63, 3.8) is 0 Å². The number of nitrogens with zero attached hydrogens (tertiary/aromatic N) is 3. The fourth-order valence-electron chi connectivity index (χ4n) is 4.53. The van der Waals surface area contributed by atoms with Crippen LogP contribution in [0.4, 0.5) is 11.5 Å². The molecule has 1 aromatic carbocycles. The van der Waals surface area contributed by atoms with Crippen LogP contribution in [0.25, 0.3) is 0 Å². The first-order chi connectivity index (χ1) is 17.2. The molecule has 0 saturated heterocycles. The van der Waals surface area contributed by atoms with Gasteiger partial charge in [-0.3, -0.25) is 9.59 Å². The van der Waals surface area contributed by atoms with Gasteiger partial charge in [0.2, 0.25) is 10.0 Å². The van der Waals surface area contributed by atoms with Gasteiger partial charge in [0, 0.05) is 30.9 Å². The molecule has 0 atom stereocenters. The van der Waals surface area contributed by atoms with Gasteiger partial charge < -0.3 is 15.3 Å². The van der Waals surface area contributed by atoms with Gasteiger partial charge in [-0.2, -0.15) is 0 Å². The van der Waals surface area contributed by atoms with Crippen LogP contribution in [0, 0.1) is 12.8 Å². The lowest BCUT2D eigenvalue weighted by Gasteiger charge is -2.35. The molecule has 36 heavy (non-hydrogen) atoms. The molecular weight excluding hydrogens is 482 g/mol. The lowest BCUT2D eigenvalue weighted by molar-refractivity contribution is -0.136. The summed E-state index contributed by atoms with van der Waals surface area (Å²) in [5.41, 5.74) is 1.27. The summed E-state index contributed by atoms with van der Waals surface area (Å²) in [6, 6.07) is 6.50. The number of sulfonamides is 1. The first-order valence-electron chi connectivity index (χ1n) is 12.4. The van der Waals surface area contributed by atoms with Crippen molar-refractivity contribution in [1.82, 2.24) is 14.7 Å². The topological polar surface area (TPSA) is 142 Å². The molecule has 0 radical (unpaired) electrons. The van der Waals surface area contributed by atoms with Crippen molar-refractivity contribution in [2.45, 2.75) is 69.2 Å². The van der Waals surface area contributed by atoms with Gasteiger partial charge in [-0.05, 0) is 62.3 Å². The van der Waals surface area contributed by atoms with E-state index in [0.717, 1.165) is 25.2 Å². The molecule has 0 bridgehead atoms. The Morgan fingerprint density at radius 2 is 1.83 bits per heavy atom. The number of carboxylic acid groups (broad SMARTS) is 1. The van der Waals surface area contributed by atoms with Crippen LogP contribution in [0.1, 0.15) is 67.4 Å². The van der Waals surface area contributed by atoms with Crippen LogP contribution < -0.4 is 14.9 Å². The van der Waals surface area contributed by atoms with Gasteiger partial charge in [-0.15, -0.1) is 0 Å². The van der Waals surface area contributed by atoms with E-state index in [4.69, 9.17) is 5.11 Å². The van der Waals surface area contributed by atoms with Crippen LogP contribution in [0.3, 0.4) is 0 Å². The highest BCUT2D eigenvalue weighted by Crippen LogP contribution is 2.34. The van der Waals surface area contributed by atoms with Gasteiger partial charge in [0.1, 0.15) is 17.8 Å². The van der Waals surface area contributed by atoms with Crippen molar-refractivity contribution >= 4 is 33.4 Å². The third kappa shape index (κ3) is 6.79. The average Bonchev–Trinajstić information content (AvgIpc) is 3.68. The third-order valence-corrected chi connectivity index (χ3v) is 8.19. The lowest BCUT2D eigenvalue weighted by Crippen LogP contribution is -2.39. The average molecular weight is 516 g/mol. The molecule has 1 amide bonds. The number of carbonyl (C=O) groups is 2. The van der Waals surface area contributed by atoms with E-state index in [2.05, 4.69) is 24.9 Å². The number of hydrogen-bond acceptors (Lipinski definition) is 7. The van der Waals surface area contributed by atoms with E-state index in [9.17, 15) is 18.0 Å². The Balaban J connectivity index is 1.46. The minimum Gasteiger partial charge on any atom is -0.481 e. The van der Waals surface area contributed by atoms with E-state index < -0.39 is 21.9 Å². The number of aryl methyl sites for hydroxylation is 1. The fraction of sp³-hybridized carbons (Fsp3) is 0.520. The maximum Gasteiger partial charge on any atom is 0.304 e. The van der Waals surface area contributed by atoms with Crippen LogP contribution in [-0.2, 0) is 14.8 Å². The Morgan fingerprint density at radius 1 is 1.08 bits per heavy atom. The summed E-state index contributed by atoms with van der Waals surface area (Å²) in [6.45, 7) is 2.44. The Labute approximate surface area is 211 Å².